The van der Waals surface area contributed by atoms with E-state index in [0.29, 0.717) is 0 Å². The predicted octanol–water partition coefficient (Wildman–Crippen LogP) is 3.27. The summed E-state index contributed by atoms with van der Waals surface area (Å²) in [5.41, 5.74) is 0.739. The lowest BCUT2D eigenvalue weighted by molar-refractivity contribution is 0.440. The minimum Gasteiger partial charge on any atom is -0.508 e. The van der Waals surface area contributed by atoms with Crippen LogP contribution < -0.4 is 0 Å². The molecule has 1 aromatic carbocycles. The second-order valence-electron chi connectivity index (χ2n) is 4.08. The highest BCUT2D eigenvalue weighted by Crippen LogP contribution is 2.38. The Balaban J connectivity index is 3.43. The van der Waals surface area contributed by atoms with E-state index in [4.69, 9.17) is 0 Å². The highest BCUT2D eigenvalue weighted by atomic mass is 32.1. The van der Waals surface area contributed by atoms with Crippen LogP contribution in [0.25, 0.3) is 0 Å². The molecule has 1 aromatic rings. The van der Waals surface area contributed by atoms with E-state index in [1.165, 1.54) is 0 Å². The van der Waals surface area contributed by atoms with Crippen molar-refractivity contribution in [3.05, 3.63) is 17.7 Å². The molecule has 0 aliphatic rings. The van der Waals surface area contributed by atoms with E-state index in [9.17, 15) is 5.11 Å². The fraction of sp³-hybridized carbons (Fsp3) is 0.400. The van der Waals surface area contributed by atoms with Crippen molar-refractivity contribution in [2.75, 3.05) is 0 Å². The van der Waals surface area contributed by atoms with E-state index in [2.05, 4.69) is 25.3 Å². The first-order valence-corrected chi connectivity index (χ1v) is 4.98. The highest BCUT2D eigenvalue weighted by Gasteiger charge is 2.21. The Bertz CT molecular complexity index is 326. The molecule has 0 unspecified atom stereocenters. The first-order valence-electron chi connectivity index (χ1n) is 4.08. The zero-order valence-electron chi connectivity index (χ0n) is 8.00. The van der Waals surface area contributed by atoms with Crippen LogP contribution in [0.4, 0.5) is 0 Å². The molecular formula is C10H14OS2. The van der Waals surface area contributed by atoms with Crippen molar-refractivity contribution in [1.82, 2.24) is 0 Å². The maximum atomic E-state index is 9.67. The molecule has 0 fully saturated rings. The number of hydrogen-bond donors (Lipinski definition) is 3. The number of phenolic OH excluding ortho intramolecular Hbond substituents is 1. The van der Waals surface area contributed by atoms with Crippen molar-refractivity contribution in [3.63, 3.8) is 0 Å². The smallest absolute Gasteiger partial charge is 0.120 e. The van der Waals surface area contributed by atoms with Crippen molar-refractivity contribution in [1.29, 1.82) is 0 Å². The molecule has 3 heteroatoms. The third kappa shape index (κ3) is 2.15. The lowest BCUT2D eigenvalue weighted by atomic mass is 9.86. The zero-order chi connectivity index (χ0) is 10.2. The Morgan fingerprint density at radius 3 is 2.08 bits per heavy atom. The molecule has 72 valence electrons. The highest BCUT2D eigenvalue weighted by molar-refractivity contribution is 7.83. The summed E-state index contributed by atoms with van der Waals surface area (Å²) >= 11 is 8.60. The van der Waals surface area contributed by atoms with Crippen LogP contribution in [0, 0.1) is 0 Å². The lowest BCUT2D eigenvalue weighted by Gasteiger charge is -2.23. The Kier molecular flexibility index (Phi) is 2.88. The summed E-state index contributed by atoms with van der Waals surface area (Å²) in [6, 6.07) is 3.40. The van der Waals surface area contributed by atoms with E-state index >= 15 is 0 Å². The number of rotatable bonds is 0. The summed E-state index contributed by atoms with van der Waals surface area (Å²) in [5.74, 6) is 0.287. The Morgan fingerprint density at radius 2 is 1.69 bits per heavy atom. The van der Waals surface area contributed by atoms with Gasteiger partial charge in [-0.3, -0.25) is 0 Å². The molecule has 0 saturated heterocycles. The third-order valence-corrected chi connectivity index (χ3v) is 2.90. The van der Waals surface area contributed by atoms with Crippen molar-refractivity contribution in [3.8, 4) is 5.75 Å². The number of phenols is 1. The topological polar surface area (TPSA) is 20.2 Å². The summed E-state index contributed by atoms with van der Waals surface area (Å²) in [7, 11) is 0. The van der Waals surface area contributed by atoms with Crippen LogP contribution in [0.3, 0.4) is 0 Å². The van der Waals surface area contributed by atoms with Gasteiger partial charge in [-0.2, -0.15) is 0 Å². The number of aromatic hydroxyl groups is 1. The molecular weight excluding hydrogens is 200 g/mol. The third-order valence-electron chi connectivity index (χ3n) is 1.88. The van der Waals surface area contributed by atoms with E-state index < -0.39 is 0 Å². The standard InChI is InChI=1S/C10H14OS2/c1-10(2,3)8-6(11)4-5-7(12)9(8)13/h4-5,11-13H,1-3H3. The van der Waals surface area contributed by atoms with Gasteiger partial charge in [-0.1, -0.05) is 20.8 Å². The maximum Gasteiger partial charge on any atom is 0.120 e. The monoisotopic (exact) mass is 214 g/mol. The van der Waals surface area contributed by atoms with Gasteiger partial charge in [0.25, 0.3) is 0 Å². The molecule has 0 saturated carbocycles. The van der Waals surface area contributed by atoms with Gasteiger partial charge in [0.2, 0.25) is 0 Å². The summed E-state index contributed by atoms with van der Waals surface area (Å²) in [5, 5.41) is 9.67. The summed E-state index contributed by atoms with van der Waals surface area (Å²) in [4.78, 5) is 1.56. The Labute approximate surface area is 90.0 Å². The summed E-state index contributed by atoms with van der Waals surface area (Å²) in [6.45, 7) is 6.11. The Morgan fingerprint density at radius 1 is 1.15 bits per heavy atom. The molecule has 0 aliphatic carbocycles. The van der Waals surface area contributed by atoms with Crippen LogP contribution in [0.5, 0.6) is 5.75 Å². The molecule has 0 atom stereocenters. The van der Waals surface area contributed by atoms with Gasteiger partial charge < -0.3 is 5.11 Å². The first-order chi connectivity index (χ1) is 5.84. The zero-order valence-corrected chi connectivity index (χ0v) is 9.79. The number of thiol groups is 2. The second-order valence-corrected chi connectivity index (χ2v) is 5.01. The van der Waals surface area contributed by atoms with E-state index in [1.807, 2.05) is 20.8 Å². The van der Waals surface area contributed by atoms with E-state index in [-0.39, 0.29) is 11.2 Å². The van der Waals surface area contributed by atoms with Crippen LogP contribution in [0.1, 0.15) is 26.3 Å². The molecule has 1 N–H and O–H groups in total. The Hall–Kier alpha value is -0.280. The normalized spacial score (nSPS) is 11.8. The molecule has 0 heterocycles. The van der Waals surface area contributed by atoms with Crippen molar-refractivity contribution >= 4 is 25.3 Å². The molecule has 0 aromatic heterocycles. The molecule has 0 radical (unpaired) electrons. The van der Waals surface area contributed by atoms with Gasteiger partial charge in [0.15, 0.2) is 0 Å². The number of benzene rings is 1. The fourth-order valence-electron chi connectivity index (χ4n) is 1.31. The van der Waals surface area contributed by atoms with E-state index in [1.54, 1.807) is 12.1 Å². The molecule has 1 nitrogen and oxygen atoms in total. The fourth-order valence-corrected chi connectivity index (χ4v) is 2.02. The van der Waals surface area contributed by atoms with Crippen molar-refractivity contribution < 1.29 is 5.11 Å². The minimum atomic E-state index is -0.111. The average molecular weight is 214 g/mol. The SMILES string of the molecule is CC(C)(C)c1c(O)ccc(S)c1S. The maximum absolute atomic E-state index is 9.67. The van der Waals surface area contributed by atoms with Gasteiger partial charge in [0, 0.05) is 15.4 Å². The van der Waals surface area contributed by atoms with Gasteiger partial charge in [-0.25, -0.2) is 0 Å². The lowest BCUT2D eigenvalue weighted by Crippen LogP contribution is -2.12. The number of hydrogen-bond acceptors (Lipinski definition) is 3. The molecule has 0 aliphatic heterocycles. The summed E-state index contributed by atoms with van der Waals surface area (Å²) < 4.78 is 0. The minimum absolute atomic E-state index is 0.111. The molecule has 0 spiro atoms. The van der Waals surface area contributed by atoms with Crippen LogP contribution in [0.15, 0.2) is 21.9 Å². The quantitative estimate of drug-likeness (QED) is 0.566. The van der Waals surface area contributed by atoms with Gasteiger partial charge in [0.05, 0.1) is 0 Å². The summed E-state index contributed by atoms with van der Waals surface area (Å²) in [6.07, 6.45) is 0. The largest absolute Gasteiger partial charge is 0.508 e. The van der Waals surface area contributed by atoms with Crippen molar-refractivity contribution in [2.45, 2.75) is 36.0 Å². The first kappa shape index (κ1) is 10.8. The van der Waals surface area contributed by atoms with Gasteiger partial charge >= 0.3 is 0 Å². The average Bonchev–Trinajstić information content (AvgIpc) is 1.95. The second kappa shape index (κ2) is 3.46. The molecule has 0 bridgehead atoms. The van der Waals surface area contributed by atoms with Gasteiger partial charge in [0.1, 0.15) is 5.75 Å². The molecule has 1 rings (SSSR count). The molecule has 0 amide bonds. The predicted molar refractivity (Wildman–Crippen MR) is 61.3 cm³/mol. The van der Waals surface area contributed by atoms with Crippen LogP contribution in [-0.4, -0.2) is 5.11 Å². The molecule has 13 heavy (non-hydrogen) atoms. The van der Waals surface area contributed by atoms with Crippen molar-refractivity contribution in [2.24, 2.45) is 0 Å². The van der Waals surface area contributed by atoms with E-state index in [0.717, 1.165) is 15.4 Å². The van der Waals surface area contributed by atoms with Gasteiger partial charge in [-0.15, -0.1) is 25.3 Å². The van der Waals surface area contributed by atoms with Crippen LogP contribution >= 0.6 is 25.3 Å². The van der Waals surface area contributed by atoms with Gasteiger partial charge in [-0.05, 0) is 17.5 Å². The van der Waals surface area contributed by atoms with Crippen LogP contribution in [-0.2, 0) is 5.41 Å². The van der Waals surface area contributed by atoms with Crippen LogP contribution in [0.2, 0.25) is 0 Å².